The molecule has 0 aliphatic rings. The average Bonchev–Trinajstić information content (AvgIpc) is 2.34. The predicted octanol–water partition coefficient (Wildman–Crippen LogP) is 3.73. The lowest BCUT2D eigenvalue weighted by Crippen LogP contribution is -2.16. The van der Waals surface area contributed by atoms with Crippen LogP contribution >= 0.6 is 31.9 Å². The Hall–Kier alpha value is -1.12. The van der Waals surface area contributed by atoms with Gasteiger partial charge in [-0.2, -0.15) is 0 Å². The van der Waals surface area contributed by atoms with E-state index in [4.69, 9.17) is 5.73 Å². The number of hydrogen-bond donors (Lipinski definition) is 2. The standard InChI is InChI=1S/C12H9Br2FN2O2S/c13-7-5-8(14)12(10(16)6-7)17-20(18,19)11-4-2-1-3-9(11)15/h1-6,17H,16H2. The van der Waals surface area contributed by atoms with Crippen LogP contribution < -0.4 is 10.5 Å². The number of nitrogens with two attached hydrogens (primary N) is 1. The molecule has 0 atom stereocenters. The quantitative estimate of drug-likeness (QED) is 0.738. The monoisotopic (exact) mass is 422 g/mol. The number of nitrogen functional groups attached to an aromatic ring is 1. The second kappa shape index (κ2) is 5.71. The Balaban J connectivity index is 2.47. The third-order valence-corrected chi connectivity index (χ3v) is 4.91. The highest BCUT2D eigenvalue weighted by molar-refractivity contribution is 9.11. The van der Waals surface area contributed by atoms with Crippen molar-refractivity contribution in [1.29, 1.82) is 0 Å². The van der Waals surface area contributed by atoms with E-state index in [0.717, 1.165) is 6.07 Å². The van der Waals surface area contributed by atoms with Gasteiger partial charge in [-0.15, -0.1) is 0 Å². The van der Waals surface area contributed by atoms with Gasteiger partial charge in [-0.25, -0.2) is 12.8 Å². The van der Waals surface area contributed by atoms with Crippen LogP contribution in [0.25, 0.3) is 0 Å². The Morgan fingerprint density at radius 2 is 1.80 bits per heavy atom. The Morgan fingerprint density at radius 3 is 2.40 bits per heavy atom. The molecular formula is C12H9Br2FN2O2S. The minimum Gasteiger partial charge on any atom is -0.397 e. The van der Waals surface area contributed by atoms with Crippen molar-refractivity contribution in [2.75, 3.05) is 10.5 Å². The normalized spacial score (nSPS) is 11.3. The van der Waals surface area contributed by atoms with Crippen LogP contribution in [-0.2, 0) is 10.0 Å². The van der Waals surface area contributed by atoms with Crippen LogP contribution in [0, 0.1) is 5.82 Å². The van der Waals surface area contributed by atoms with Gasteiger partial charge in [-0.05, 0) is 40.2 Å². The molecule has 0 saturated carbocycles. The van der Waals surface area contributed by atoms with Gasteiger partial charge in [0.05, 0.1) is 11.4 Å². The summed E-state index contributed by atoms with van der Waals surface area (Å²) in [5.74, 6) is -0.827. The summed E-state index contributed by atoms with van der Waals surface area (Å²) in [6, 6.07) is 8.30. The van der Waals surface area contributed by atoms with Crippen LogP contribution in [0.1, 0.15) is 0 Å². The predicted molar refractivity (Wildman–Crippen MR) is 83.5 cm³/mol. The summed E-state index contributed by atoms with van der Waals surface area (Å²) >= 11 is 6.45. The van der Waals surface area contributed by atoms with Gasteiger partial charge in [0, 0.05) is 8.95 Å². The van der Waals surface area contributed by atoms with E-state index in [1.807, 2.05) is 0 Å². The van der Waals surface area contributed by atoms with Crippen molar-refractivity contribution < 1.29 is 12.8 Å². The molecule has 0 spiro atoms. The average molecular weight is 424 g/mol. The molecular weight excluding hydrogens is 415 g/mol. The number of halogens is 3. The zero-order chi connectivity index (χ0) is 14.9. The number of benzene rings is 2. The third kappa shape index (κ3) is 3.13. The van der Waals surface area contributed by atoms with E-state index in [-0.39, 0.29) is 11.4 Å². The Morgan fingerprint density at radius 1 is 1.15 bits per heavy atom. The molecule has 20 heavy (non-hydrogen) atoms. The maximum absolute atomic E-state index is 13.6. The molecule has 2 rings (SSSR count). The summed E-state index contributed by atoms with van der Waals surface area (Å²) in [7, 11) is -4.05. The highest BCUT2D eigenvalue weighted by Crippen LogP contribution is 2.34. The maximum atomic E-state index is 13.6. The lowest BCUT2D eigenvalue weighted by molar-refractivity contribution is 0.570. The van der Waals surface area contributed by atoms with Crippen molar-refractivity contribution in [3.8, 4) is 0 Å². The van der Waals surface area contributed by atoms with Crippen LogP contribution in [0.2, 0.25) is 0 Å². The number of rotatable bonds is 3. The zero-order valence-corrected chi connectivity index (χ0v) is 13.9. The summed E-state index contributed by atoms with van der Waals surface area (Å²) in [6.45, 7) is 0. The SMILES string of the molecule is Nc1cc(Br)cc(Br)c1NS(=O)(=O)c1ccccc1F. The van der Waals surface area contributed by atoms with Crippen molar-refractivity contribution in [3.05, 3.63) is 51.2 Å². The first-order valence-corrected chi connectivity index (χ1v) is 8.40. The molecule has 106 valence electrons. The van der Waals surface area contributed by atoms with Crippen molar-refractivity contribution in [2.45, 2.75) is 4.90 Å². The second-order valence-electron chi connectivity index (χ2n) is 3.89. The Kier molecular flexibility index (Phi) is 4.36. The number of sulfonamides is 1. The summed E-state index contributed by atoms with van der Waals surface area (Å²) < 4.78 is 41.3. The first-order chi connectivity index (χ1) is 9.31. The summed E-state index contributed by atoms with van der Waals surface area (Å²) in [5, 5.41) is 0. The highest BCUT2D eigenvalue weighted by Gasteiger charge is 2.21. The summed E-state index contributed by atoms with van der Waals surface area (Å²) in [5.41, 5.74) is 6.14. The van der Waals surface area contributed by atoms with Crippen LogP contribution in [0.5, 0.6) is 0 Å². The lowest BCUT2D eigenvalue weighted by atomic mass is 10.3. The fourth-order valence-corrected chi connectivity index (χ4v) is 4.23. The summed E-state index contributed by atoms with van der Waals surface area (Å²) in [4.78, 5) is -0.436. The van der Waals surface area contributed by atoms with Crippen LogP contribution in [0.15, 0.2) is 50.2 Å². The van der Waals surface area contributed by atoms with Gasteiger partial charge in [0.15, 0.2) is 0 Å². The van der Waals surface area contributed by atoms with E-state index < -0.39 is 20.7 Å². The molecule has 8 heteroatoms. The van der Waals surface area contributed by atoms with Gasteiger partial charge < -0.3 is 5.73 Å². The van der Waals surface area contributed by atoms with Gasteiger partial charge >= 0.3 is 0 Å². The molecule has 0 aromatic heterocycles. The van der Waals surface area contributed by atoms with E-state index in [0.29, 0.717) is 8.95 Å². The minimum absolute atomic E-state index is 0.163. The molecule has 0 aliphatic heterocycles. The van der Waals surface area contributed by atoms with Gasteiger partial charge in [-0.1, -0.05) is 28.1 Å². The Bertz CT molecular complexity index is 743. The number of nitrogens with one attached hydrogen (secondary N) is 1. The van der Waals surface area contributed by atoms with E-state index >= 15 is 0 Å². The van der Waals surface area contributed by atoms with E-state index in [1.165, 1.54) is 18.2 Å². The molecule has 0 unspecified atom stereocenters. The number of anilines is 2. The molecule has 3 N–H and O–H groups in total. The van der Waals surface area contributed by atoms with E-state index in [9.17, 15) is 12.8 Å². The first-order valence-electron chi connectivity index (χ1n) is 5.33. The topological polar surface area (TPSA) is 72.2 Å². The highest BCUT2D eigenvalue weighted by atomic mass is 79.9. The van der Waals surface area contributed by atoms with Gasteiger partial charge in [-0.3, -0.25) is 4.72 Å². The molecule has 0 heterocycles. The van der Waals surface area contributed by atoms with Gasteiger partial charge in [0.2, 0.25) is 0 Å². The molecule has 0 radical (unpaired) electrons. The fraction of sp³-hybridized carbons (Fsp3) is 0. The molecule has 2 aromatic rings. The smallest absolute Gasteiger partial charge is 0.264 e. The molecule has 0 saturated heterocycles. The largest absolute Gasteiger partial charge is 0.397 e. The maximum Gasteiger partial charge on any atom is 0.264 e. The number of hydrogen-bond acceptors (Lipinski definition) is 3. The van der Waals surface area contributed by atoms with Gasteiger partial charge in [0.1, 0.15) is 10.7 Å². The first kappa shape index (κ1) is 15.3. The Labute approximate surface area is 132 Å². The molecule has 2 aromatic carbocycles. The van der Waals surface area contributed by atoms with Crippen LogP contribution in [0.3, 0.4) is 0 Å². The van der Waals surface area contributed by atoms with Crippen molar-refractivity contribution >= 4 is 53.3 Å². The lowest BCUT2D eigenvalue weighted by Gasteiger charge is -2.13. The zero-order valence-electron chi connectivity index (χ0n) is 9.90. The molecule has 0 bridgehead atoms. The van der Waals surface area contributed by atoms with E-state index in [1.54, 1.807) is 12.1 Å². The van der Waals surface area contributed by atoms with Crippen LogP contribution in [-0.4, -0.2) is 8.42 Å². The third-order valence-electron chi connectivity index (χ3n) is 2.45. The molecule has 4 nitrogen and oxygen atoms in total. The molecule has 0 fully saturated rings. The van der Waals surface area contributed by atoms with Gasteiger partial charge in [0.25, 0.3) is 10.0 Å². The van der Waals surface area contributed by atoms with Crippen LogP contribution in [0.4, 0.5) is 15.8 Å². The molecule has 0 amide bonds. The fourth-order valence-electron chi connectivity index (χ4n) is 1.55. The van der Waals surface area contributed by atoms with E-state index in [2.05, 4.69) is 36.6 Å². The minimum atomic E-state index is -4.05. The second-order valence-corrected chi connectivity index (χ2v) is 7.31. The molecule has 0 aliphatic carbocycles. The van der Waals surface area contributed by atoms with Crippen molar-refractivity contribution in [3.63, 3.8) is 0 Å². The van der Waals surface area contributed by atoms with Crippen molar-refractivity contribution in [1.82, 2.24) is 0 Å². The summed E-state index contributed by atoms with van der Waals surface area (Å²) in [6.07, 6.45) is 0. The van der Waals surface area contributed by atoms with Crippen molar-refractivity contribution in [2.24, 2.45) is 0 Å².